The highest BCUT2D eigenvalue weighted by Crippen LogP contribution is 2.34. The van der Waals surface area contributed by atoms with Crippen LogP contribution in [0.3, 0.4) is 0 Å². The SMILES string of the molecule is COC(=O)c1ncn2c1C(=O)N(Cc1ccc(OC)c(OC)c1)[C@](C)(C(=O)NC1CCCCCC1)C2. The third-order valence-corrected chi connectivity index (χ3v) is 7.21. The van der Waals surface area contributed by atoms with E-state index in [1.165, 1.54) is 31.2 Å². The minimum absolute atomic E-state index is 0.0639. The average molecular weight is 499 g/mol. The molecule has 1 aromatic heterocycles. The van der Waals surface area contributed by atoms with Crippen LogP contribution >= 0.6 is 0 Å². The second-order valence-corrected chi connectivity index (χ2v) is 9.58. The number of benzene rings is 1. The summed E-state index contributed by atoms with van der Waals surface area (Å²) in [5, 5.41) is 3.21. The number of esters is 1. The van der Waals surface area contributed by atoms with Crippen molar-refractivity contribution in [1.29, 1.82) is 0 Å². The number of amides is 2. The van der Waals surface area contributed by atoms with Gasteiger partial charge in [0.25, 0.3) is 5.91 Å². The second-order valence-electron chi connectivity index (χ2n) is 9.58. The van der Waals surface area contributed by atoms with Crippen molar-refractivity contribution in [3.8, 4) is 11.5 Å². The smallest absolute Gasteiger partial charge is 0.359 e. The largest absolute Gasteiger partial charge is 0.493 e. The Balaban J connectivity index is 1.72. The zero-order valence-corrected chi connectivity index (χ0v) is 21.3. The summed E-state index contributed by atoms with van der Waals surface area (Å²) in [5.74, 6) is -0.306. The minimum atomic E-state index is -1.21. The third-order valence-electron chi connectivity index (χ3n) is 7.21. The fourth-order valence-corrected chi connectivity index (χ4v) is 5.11. The predicted molar refractivity (Wildman–Crippen MR) is 131 cm³/mol. The molecule has 36 heavy (non-hydrogen) atoms. The van der Waals surface area contributed by atoms with Crippen molar-refractivity contribution in [2.75, 3.05) is 21.3 Å². The van der Waals surface area contributed by atoms with E-state index < -0.39 is 17.4 Å². The number of hydrogen-bond acceptors (Lipinski definition) is 7. The van der Waals surface area contributed by atoms with Crippen molar-refractivity contribution < 1.29 is 28.6 Å². The quantitative estimate of drug-likeness (QED) is 0.461. The van der Waals surface area contributed by atoms with Crippen LogP contribution in [0.5, 0.6) is 11.5 Å². The lowest BCUT2D eigenvalue weighted by Crippen LogP contribution is -2.64. The first-order valence-corrected chi connectivity index (χ1v) is 12.3. The molecule has 0 radical (unpaired) electrons. The summed E-state index contributed by atoms with van der Waals surface area (Å²) >= 11 is 0. The molecule has 0 saturated heterocycles. The Kier molecular flexibility index (Phi) is 7.51. The molecule has 2 heterocycles. The molecule has 194 valence electrons. The summed E-state index contributed by atoms with van der Waals surface area (Å²) < 4.78 is 17.2. The molecule has 2 amide bonds. The van der Waals surface area contributed by atoms with Crippen molar-refractivity contribution in [3.63, 3.8) is 0 Å². The van der Waals surface area contributed by atoms with Gasteiger partial charge in [0.1, 0.15) is 11.2 Å². The van der Waals surface area contributed by atoms with Gasteiger partial charge in [-0.05, 0) is 37.5 Å². The van der Waals surface area contributed by atoms with E-state index in [2.05, 4.69) is 10.3 Å². The summed E-state index contributed by atoms with van der Waals surface area (Å²) in [6.07, 6.45) is 7.76. The van der Waals surface area contributed by atoms with Crippen LogP contribution in [-0.4, -0.2) is 65.1 Å². The molecule has 1 aromatic carbocycles. The van der Waals surface area contributed by atoms with Crippen LogP contribution in [0.15, 0.2) is 24.5 Å². The van der Waals surface area contributed by atoms with Gasteiger partial charge >= 0.3 is 5.97 Å². The molecule has 1 N–H and O–H groups in total. The average Bonchev–Trinajstić information content (AvgIpc) is 3.13. The third kappa shape index (κ3) is 4.76. The maximum Gasteiger partial charge on any atom is 0.359 e. The number of carbonyl (C=O) groups is 3. The van der Waals surface area contributed by atoms with Crippen molar-refractivity contribution in [3.05, 3.63) is 41.5 Å². The van der Waals surface area contributed by atoms with E-state index in [0.717, 1.165) is 31.2 Å². The van der Waals surface area contributed by atoms with E-state index in [4.69, 9.17) is 14.2 Å². The van der Waals surface area contributed by atoms with Crippen LogP contribution < -0.4 is 14.8 Å². The summed E-state index contributed by atoms with van der Waals surface area (Å²) in [5.41, 5.74) is -0.410. The van der Waals surface area contributed by atoms with Crippen molar-refractivity contribution in [1.82, 2.24) is 19.8 Å². The number of carbonyl (C=O) groups excluding carboxylic acids is 3. The van der Waals surface area contributed by atoms with Gasteiger partial charge in [0, 0.05) is 12.6 Å². The van der Waals surface area contributed by atoms with Gasteiger partial charge < -0.3 is 29.0 Å². The topological polar surface area (TPSA) is 112 Å². The number of nitrogens with zero attached hydrogens (tertiary/aromatic N) is 3. The van der Waals surface area contributed by atoms with E-state index in [1.54, 1.807) is 37.8 Å². The molecule has 10 nitrogen and oxygen atoms in total. The number of rotatable bonds is 7. The van der Waals surface area contributed by atoms with E-state index in [1.807, 2.05) is 6.07 Å². The molecule has 1 saturated carbocycles. The van der Waals surface area contributed by atoms with Crippen molar-refractivity contribution in [2.45, 2.75) is 70.1 Å². The molecule has 0 spiro atoms. The molecule has 2 aliphatic rings. The molecule has 1 fully saturated rings. The zero-order valence-electron chi connectivity index (χ0n) is 21.3. The Labute approximate surface area is 210 Å². The maximum atomic E-state index is 13.9. The van der Waals surface area contributed by atoms with Crippen molar-refractivity contribution in [2.24, 2.45) is 0 Å². The molecule has 0 bridgehead atoms. The van der Waals surface area contributed by atoms with Crippen LogP contribution in [-0.2, 0) is 22.6 Å². The number of ether oxygens (including phenoxy) is 3. The van der Waals surface area contributed by atoms with Gasteiger partial charge in [-0.25, -0.2) is 9.78 Å². The molecule has 10 heteroatoms. The second kappa shape index (κ2) is 10.6. The standard InChI is InChI=1S/C26H34N4O6/c1-26(25(33)28-18-9-7-5-6-8-10-18)15-29-16-27-21(24(32)36-4)22(29)23(31)30(26)14-17-11-12-19(34-2)20(13-17)35-3/h11-13,16,18H,5-10,14-15H2,1-4H3,(H,28,33)/t26-/m0/s1. The van der Waals surface area contributed by atoms with Crippen LogP contribution in [0.4, 0.5) is 0 Å². The molecule has 2 aromatic rings. The highest BCUT2D eigenvalue weighted by Gasteiger charge is 2.49. The fourth-order valence-electron chi connectivity index (χ4n) is 5.11. The molecule has 1 atom stereocenters. The molecule has 1 aliphatic heterocycles. The molecule has 0 unspecified atom stereocenters. The van der Waals surface area contributed by atoms with Crippen LogP contribution in [0.2, 0.25) is 0 Å². The number of fused-ring (bicyclic) bond motifs is 1. The van der Waals surface area contributed by atoms with Gasteiger partial charge in [-0.3, -0.25) is 9.59 Å². The summed E-state index contributed by atoms with van der Waals surface area (Å²) in [6.45, 7) is 2.04. The van der Waals surface area contributed by atoms with E-state index in [-0.39, 0.29) is 36.4 Å². The first-order valence-electron chi connectivity index (χ1n) is 12.3. The normalized spacial score (nSPS) is 20.3. The Morgan fingerprint density at radius 2 is 1.78 bits per heavy atom. The Morgan fingerprint density at radius 3 is 2.42 bits per heavy atom. The predicted octanol–water partition coefficient (Wildman–Crippen LogP) is 2.94. The first kappa shape index (κ1) is 25.5. The number of hydrogen-bond donors (Lipinski definition) is 1. The Morgan fingerprint density at radius 1 is 1.08 bits per heavy atom. The molecular weight excluding hydrogens is 464 g/mol. The highest BCUT2D eigenvalue weighted by molar-refractivity contribution is 6.06. The monoisotopic (exact) mass is 498 g/mol. The van der Waals surface area contributed by atoms with Gasteiger partial charge in [0.05, 0.1) is 34.2 Å². The van der Waals surface area contributed by atoms with E-state index >= 15 is 0 Å². The van der Waals surface area contributed by atoms with Gasteiger partial charge in [0.15, 0.2) is 17.2 Å². The molecular formula is C26H34N4O6. The molecule has 1 aliphatic carbocycles. The van der Waals surface area contributed by atoms with Crippen LogP contribution in [0.25, 0.3) is 0 Å². The lowest BCUT2D eigenvalue weighted by atomic mass is 9.92. The number of aromatic nitrogens is 2. The van der Waals surface area contributed by atoms with Gasteiger partial charge in [-0.15, -0.1) is 0 Å². The van der Waals surface area contributed by atoms with E-state index in [0.29, 0.717) is 11.5 Å². The fraction of sp³-hybridized carbons (Fsp3) is 0.538. The number of methoxy groups -OCH3 is 3. The van der Waals surface area contributed by atoms with E-state index in [9.17, 15) is 14.4 Å². The highest BCUT2D eigenvalue weighted by atomic mass is 16.5. The van der Waals surface area contributed by atoms with Crippen LogP contribution in [0.1, 0.15) is 72.0 Å². The van der Waals surface area contributed by atoms with Gasteiger partial charge in [0.2, 0.25) is 5.91 Å². The summed E-state index contributed by atoms with van der Waals surface area (Å²) in [7, 11) is 4.34. The zero-order chi connectivity index (χ0) is 25.9. The number of nitrogens with one attached hydrogen (secondary N) is 1. The molecule has 4 rings (SSSR count). The van der Waals surface area contributed by atoms with Gasteiger partial charge in [-0.1, -0.05) is 31.7 Å². The maximum absolute atomic E-state index is 13.9. The summed E-state index contributed by atoms with van der Waals surface area (Å²) in [4.78, 5) is 45.7. The lowest BCUT2D eigenvalue weighted by molar-refractivity contribution is -0.134. The van der Waals surface area contributed by atoms with Gasteiger partial charge in [-0.2, -0.15) is 0 Å². The number of imidazole rings is 1. The Bertz CT molecular complexity index is 1140. The summed E-state index contributed by atoms with van der Waals surface area (Å²) in [6, 6.07) is 5.44. The minimum Gasteiger partial charge on any atom is -0.493 e. The first-order chi connectivity index (χ1) is 17.3. The lowest BCUT2D eigenvalue weighted by Gasteiger charge is -2.44. The van der Waals surface area contributed by atoms with Crippen LogP contribution in [0, 0.1) is 0 Å². The Hall–Kier alpha value is -3.56. The van der Waals surface area contributed by atoms with Crippen molar-refractivity contribution >= 4 is 17.8 Å².